The van der Waals surface area contributed by atoms with Gasteiger partial charge in [0.1, 0.15) is 0 Å². The summed E-state index contributed by atoms with van der Waals surface area (Å²) in [5.74, 6) is -2.86. The average molecular weight is 534 g/mol. The summed E-state index contributed by atoms with van der Waals surface area (Å²) in [7, 11) is 0. The van der Waals surface area contributed by atoms with Crippen molar-refractivity contribution in [2.45, 2.75) is 8.45 Å². The first-order chi connectivity index (χ1) is 18.0. The monoisotopic (exact) mass is 534 g/mol. The summed E-state index contributed by atoms with van der Waals surface area (Å²) < 4.78 is 66.3. The van der Waals surface area contributed by atoms with E-state index in [1.807, 2.05) is 48.6 Å². The maximum absolute atomic E-state index is 16.7. The molecule has 4 aromatic rings. The quantitative estimate of drug-likeness (QED) is 0.191. The van der Waals surface area contributed by atoms with Crippen LogP contribution in [0, 0.1) is 23.3 Å². The summed E-state index contributed by atoms with van der Waals surface area (Å²) in [5.41, 5.74) is -0.412. The second-order valence-electron chi connectivity index (χ2n) is 9.16. The molecular formula is C30H22F4N2Ti. The fourth-order valence-electron chi connectivity index (χ4n) is 5.72. The van der Waals surface area contributed by atoms with Crippen LogP contribution in [0.2, 0.25) is 8.45 Å². The minimum absolute atomic E-state index is 0.206. The molecule has 0 fully saturated rings. The van der Waals surface area contributed by atoms with E-state index >= 15 is 17.6 Å². The van der Waals surface area contributed by atoms with E-state index in [0.29, 0.717) is 7.74 Å². The van der Waals surface area contributed by atoms with Crippen LogP contribution in [-0.2, 0) is 16.6 Å². The second kappa shape index (κ2) is 9.36. The van der Waals surface area contributed by atoms with Crippen LogP contribution in [0.4, 0.5) is 17.6 Å². The van der Waals surface area contributed by atoms with Gasteiger partial charge in [-0.25, -0.2) is 0 Å². The molecule has 2 aliphatic carbocycles. The fraction of sp³-hybridized carbons (Fsp3) is 0.0667. The van der Waals surface area contributed by atoms with Crippen molar-refractivity contribution in [1.82, 2.24) is 9.13 Å². The van der Waals surface area contributed by atoms with Gasteiger partial charge in [-0.05, 0) is 0 Å². The molecule has 2 heterocycles. The third kappa shape index (κ3) is 3.66. The molecule has 7 heteroatoms. The van der Waals surface area contributed by atoms with E-state index in [1.165, 1.54) is 33.4 Å². The van der Waals surface area contributed by atoms with Gasteiger partial charge in [-0.2, -0.15) is 0 Å². The Hall–Kier alpha value is -3.61. The SMILES string of the molecule is Fc1cc[c]([Ti]([c]2ccc(F)c(-n3cccc3)c2F)([CH]2C=CC=C2)[CH]2C=CC=C2)c(F)c1-n1cccc1. The van der Waals surface area contributed by atoms with E-state index < -0.39 is 39.9 Å². The number of allylic oxidation sites excluding steroid dienone is 8. The molecule has 0 unspecified atom stereocenters. The van der Waals surface area contributed by atoms with Gasteiger partial charge < -0.3 is 0 Å². The molecule has 2 aromatic heterocycles. The summed E-state index contributed by atoms with van der Waals surface area (Å²) >= 11 is -4.32. The van der Waals surface area contributed by atoms with Crippen LogP contribution in [-0.4, -0.2) is 9.13 Å². The third-order valence-electron chi connectivity index (χ3n) is 7.30. The molecule has 184 valence electrons. The van der Waals surface area contributed by atoms with Crippen molar-refractivity contribution in [3.63, 3.8) is 0 Å². The van der Waals surface area contributed by atoms with E-state index in [0.717, 1.165) is 0 Å². The van der Waals surface area contributed by atoms with Crippen molar-refractivity contribution < 1.29 is 34.2 Å². The number of rotatable bonds is 6. The van der Waals surface area contributed by atoms with Crippen LogP contribution in [0.25, 0.3) is 11.4 Å². The third-order valence-corrected chi connectivity index (χ3v) is 15.8. The zero-order valence-electron chi connectivity index (χ0n) is 19.6. The van der Waals surface area contributed by atoms with Gasteiger partial charge in [-0.15, -0.1) is 0 Å². The Morgan fingerprint density at radius 2 is 0.865 bits per heavy atom. The zero-order valence-corrected chi connectivity index (χ0v) is 21.2. The van der Waals surface area contributed by atoms with Gasteiger partial charge in [0, 0.05) is 0 Å². The first-order valence-electron chi connectivity index (χ1n) is 12.0. The molecule has 0 amide bonds. The van der Waals surface area contributed by atoms with Crippen molar-refractivity contribution in [3.05, 3.63) is 145 Å². The molecule has 0 bridgehead atoms. The Morgan fingerprint density at radius 1 is 0.514 bits per heavy atom. The minimum atomic E-state index is -4.32. The number of aromatic nitrogens is 2. The summed E-state index contributed by atoms with van der Waals surface area (Å²) in [6.45, 7) is 0. The van der Waals surface area contributed by atoms with E-state index in [1.54, 1.807) is 49.1 Å². The molecule has 0 saturated heterocycles. The molecule has 6 rings (SSSR count). The van der Waals surface area contributed by atoms with E-state index in [9.17, 15) is 0 Å². The number of hydrogen-bond acceptors (Lipinski definition) is 0. The Balaban J connectivity index is 1.73. The molecule has 0 spiro atoms. The van der Waals surface area contributed by atoms with Crippen molar-refractivity contribution in [2.75, 3.05) is 0 Å². The fourth-order valence-corrected chi connectivity index (χ4v) is 14.3. The van der Waals surface area contributed by atoms with Gasteiger partial charge in [0.25, 0.3) is 0 Å². The molecule has 0 aliphatic heterocycles. The Labute approximate surface area is 215 Å². The van der Waals surface area contributed by atoms with Crippen LogP contribution in [0.3, 0.4) is 0 Å². The van der Waals surface area contributed by atoms with Crippen molar-refractivity contribution in [1.29, 1.82) is 0 Å². The van der Waals surface area contributed by atoms with Gasteiger partial charge >= 0.3 is 216 Å². The van der Waals surface area contributed by atoms with Crippen LogP contribution < -0.4 is 7.74 Å². The molecule has 0 atom stereocenters. The van der Waals surface area contributed by atoms with E-state index in [-0.39, 0.29) is 19.8 Å². The standard InChI is InChI=1S/2C10H6F2N.2C5H5.Ti/c2*11-8-4-3-5-9(12)10(8)13-6-1-2-7-13;2*1-2-4-5-3-1;/h2*1-4,6-7H;2*1-5H;. The Morgan fingerprint density at radius 3 is 1.22 bits per heavy atom. The second-order valence-corrected chi connectivity index (χ2v) is 15.6. The van der Waals surface area contributed by atoms with Crippen LogP contribution >= 0.6 is 0 Å². The summed E-state index contributed by atoms with van der Waals surface area (Å²) in [6.07, 6.45) is 21.6. The predicted molar refractivity (Wildman–Crippen MR) is 135 cm³/mol. The summed E-state index contributed by atoms with van der Waals surface area (Å²) in [6, 6.07) is 12.2. The first-order valence-corrected chi connectivity index (χ1v) is 15.3. The van der Waals surface area contributed by atoms with E-state index in [4.69, 9.17) is 0 Å². The van der Waals surface area contributed by atoms with Crippen molar-refractivity contribution in [2.24, 2.45) is 0 Å². The zero-order chi connectivity index (χ0) is 25.6. The van der Waals surface area contributed by atoms with E-state index in [2.05, 4.69) is 0 Å². The summed E-state index contributed by atoms with van der Waals surface area (Å²) in [5, 5.41) is 0. The number of halogens is 4. The molecule has 2 aliphatic rings. The van der Waals surface area contributed by atoms with Gasteiger partial charge in [0.05, 0.1) is 0 Å². The first kappa shape index (κ1) is 23.8. The van der Waals surface area contributed by atoms with Crippen LogP contribution in [0.1, 0.15) is 0 Å². The van der Waals surface area contributed by atoms with Crippen LogP contribution in [0.15, 0.2) is 122 Å². The number of hydrogen-bond donors (Lipinski definition) is 0. The molecule has 37 heavy (non-hydrogen) atoms. The van der Waals surface area contributed by atoms with Crippen molar-refractivity contribution in [3.8, 4) is 11.4 Å². The van der Waals surface area contributed by atoms with Crippen molar-refractivity contribution >= 4 is 7.74 Å². The number of nitrogens with zero attached hydrogens (tertiary/aromatic N) is 2. The molecule has 2 aromatic carbocycles. The van der Waals surface area contributed by atoms with Gasteiger partial charge in [-0.3, -0.25) is 0 Å². The topological polar surface area (TPSA) is 9.86 Å². The van der Waals surface area contributed by atoms with Gasteiger partial charge in [-0.1, -0.05) is 0 Å². The normalized spacial score (nSPS) is 15.5. The molecular weight excluding hydrogens is 512 g/mol. The Kier molecular flexibility index (Phi) is 6.02. The Bertz CT molecular complexity index is 1440. The molecule has 2 nitrogen and oxygen atoms in total. The van der Waals surface area contributed by atoms with Crippen LogP contribution in [0.5, 0.6) is 0 Å². The maximum atomic E-state index is 16.7. The molecule has 0 radical (unpaired) electrons. The predicted octanol–water partition coefficient (Wildman–Crippen LogP) is 6.76. The molecule has 0 N–H and O–H groups in total. The average Bonchev–Trinajstić information content (AvgIpc) is 3.71. The van der Waals surface area contributed by atoms with Gasteiger partial charge in [0.2, 0.25) is 0 Å². The number of benzene rings is 2. The summed E-state index contributed by atoms with van der Waals surface area (Å²) in [4.78, 5) is 0. The van der Waals surface area contributed by atoms with Gasteiger partial charge in [0.15, 0.2) is 0 Å². The molecule has 0 saturated carbocycles.